The molecule has 1 amide bonds. The molecule has 1 atom stereocenters. The maximum atomic E-state index is 13.3. The smallest absolute Gasteiger partial charge is 0.325 e. The van der Waals surface area contributed by atoms with Crippen LogP contribution < -0.4 is 25.8 Å². The molecule has 270 valence electrons. The Morgan fingerprint density at radius 3 is 2.20 bits per heavy atom. The van der Waals surface area contributed by atoms with Crippen molar-refractivity contribution in [2.75, 3.05) is 38.6 Å². The molecule has 51 heavy (non-hydrogen) atoms. The number of fused-ring (bicyclic) bond motifs is 1. The number of imidazole rings is 1. The number of methoxy groups -OCH3 is 1. The quantitative estimate of drug-likeness (QED) is 0.0679. The summed E-state index contributed by atoms with van der Waals surface area (Å²) in [7, 11) is -4.91. The molecule has 0 aliphatic rings. The average Bonchev–Trinajstić information content (AvgIpc) is 3.75. The maximum Gasteiger partial charge on any atom is 0.325 e. The van der Waals surface area contributed by atoms with Crippen LogP contribution in [0, 0.1) is 0 Å². The molecule has 0 saturated heterocycles. The molecule has 16 nitrogen and oxygen atoms in total. The number of carbonyl (C=O) groups is 2. The van der Waals surface area contributed by atoms with Crippen molar-refractivity contribution >= 4 is 48.8 Å². The number of esters is 1. The van der Waals surface area contributed by atoms with Gasteiger partial charge in [0, 0.05) is 63.1 Å². The molecule has 0 aliphatic heterocycles. The molecule has 18 heteroatoms. The monoisotopic (exact) mass is 737 g/mol. The molecular formula is C33H39N9O7S2. The van der Waals surface area contributed by atoms with E-state index in [1.807, 2.05) is 22.5 Å². The lowest BCUT2D eigenvalue weighted by Gasteiger charge is -2.17. The Labute approximate surface area is 295 Å². The molecule has 5 aromatic rings. The SMILES string of the molecule is COC(=O)[C@H](CNC(=O)c1ccc2c(cnn2CCCNc2nccn2C)c1)NS(=O)(=O)c1ccc(-c2ccc(S(=O)(=O)NCCN)cc2)cc1. The third-order valence-electron chi connectivity index (χ3n) is 7.90. The van der Waals surface area contributed by atoms with E-state index in [-0.39, 0.29) is 29.4 Å². The molecule has 0 bridgehead atoms. The van der Waals surface area contributed by atoms with E-state index in [1.54, 1.807) is 54.9 Å². The summed E-state index contributed by atoms with van der Waals surface area (Å²) in [6.45, 7) is 1.23. The zero-order valence-electron chi connectivity index (χ0n) is 27.9. The highest BCUT2D eigenvalue weighted by molar-refractivity contribution is 7.89. The summed E-state index contributed by atoms with van der Waals surface area (Å²) < 4.78 is 64.4. The molecule has 6 N–H and O–H groups in total. The van der Waals surface area contributed by atoms with Gasteiger partial charge in [-0.25, -0.2) is 26.5 Å². The number of nitrogens with zero attached hydrogens (tertiary/aromatic N) is 4. The Morgan fingerprint density at radius 1 is 0.922 bits per heavy atom. The van der Waals surface area contributed by atoms with E-state index < -0.39 is 38.0 Å². The first-order chi connectivity index (χ1) is 24.4. The predicted octanol–water partition coefficient (Wildman–Crippen LogP) is 1.43. The largest absolute Gasteiger partial charge is 0.468 e. The number of hydrogen-bond donors (Lipinski definition) is 5. The van der Waals surface area contributed by atoms with Crippen LogP contribution in [-0.2, 0) is 43.2 Å². The van der Waals surface area contributed by atoms with Gasteiger partial charge in [0.1, 0.15) is 6.04 Å². The van der Waals surface area contributed by atoms with Gasteiger partial charge in [0.15, 0.2) is 0 Å². The van der Waals surface area contributed by atoms with Crippen molar-refractivity contribution in [3.05, 3.63) is 90.9 Å². The summed E-state index contributed by atoms with van der Waals surface area (Å²) in [4.78, 5) is 29.8. The first-order valence-corrected chi connectivity index (χ1v) is 18.8. The van der Waals surface area contributed by atoms with Gasteiger partial charge in [0.2, 0.25) is 26.0 Å². The van der Waals surface area contributed by atoms with Crippen LogP contribution >= 0.6 is 0 Å². The highest BCUT2D eigenvalue weighted by Gasteiger charge is 2.27. The van der Waals surface area contributed by atoms with Crippen LogP contribution in [-0.4, -0.2) is 87.4 Å². The molecule has 0 fully saturated rings. The van der Waals surface area contributed by atoms with Crippen LogP contribution in [0.3, 0.4) is 0 Å². The molecular weight excluding hydrogens is 699 g/mol. The van der Waals surface area contributed by atoms with E-state index in [2.05, 4.69) is 30.2 Å². The Kier molecular flexibility index (Phi) is 11.8. The Hall–Kier alpha value is -5.14. The summed E-state index contributed by atoms with van der Waals surface area (Å²) in [5.74, 6) is -0.627. The molecule has 0 spiro atoms. The minimum Gasteiger partial charge on any atom is -0.468 e. The lowest BCUT2D eigenvalue weighted by Crippen LogP contribution is -2.48. The van der Waals surface area contributed by atoms with Gasteiger partial charge in [0.05, 0.1) is 28.6 Å². The van der Waals surface area contributed by atoms with Crippen LogP contribution in [0.2, 0.25) is 0 Å². The second kappa shape index (κ2) is 16.3. The number of rotatable bonds is 17. The molecule has 3 aromatic carbocycles. The summed E-state index contributed by atoms with van der Waals surface area (Å²) in [6.07, 6.45) is 6.03. The van der Waals surface area contributed by atoms with Gasteiger partial charge in [-0.05, 0) is 60.0 Å². The number of aryl methyl sites for hydroxylation is 2. The van der Waals surface area contributed by atoms with Crippen LogP contribution in [0.1, 0.15) is 16.8 Å². The minimum absolute atomic E-state index is 0.0672. The van der Waals surface area contributed by atoms with E-state index in [0.29, 0.717) is 29.8 Å². The summed E-state index contributed by atoms with van der Waals surface area (Å²) in [5, 5.41) is 11.1. The number of aromatic nitrogens is 4. The fraction of sp³-hybridized carbons (Fsp3) is 0.273. The van der Waals surface area contributed by atoms with E-state index >= 15 is 0 Å². The number of anilines is 1. The lowest BCUT2D eigenvalue weighted by atomic mass is 10.1. The van der Waals surface area contributed by atoms with Crippen molar-refractivity contribution in [2.24, 2.45) is 12.8 Å². The fourth-order valence-corrected chi connectivity index (χ4v) is 7.40. The van der Waals surface area contributed by atoms with E-state index in [0.717, 1.165) is 30.4 Å². The lowest BCUT2D eigenvalue weighted by molar-refractivity contribution is -0.142. The van der Waals surface area contributed by atoms with Gasteiger partial charge in [-0.1, -0.05) is 24.3 Å². The van der Waals surface area contributed by atoms with Gasteiger partial charge in [-0.15, -0.1) is 0 Å². The topological polar surface area (TPSA) is 221 Å². The van der Waals surface area contributed by atoms with Gasteiger partial charge in [-0.3, -0.25) is 14.3 Å². The van der Waals surface area contributed by atoms with Gasteiger partial charge in [0.25, 0.3) is 5.91 Å². The summed E-state index contributed by atoms with van der Waals surface area (Å²) >= 11 is 0. The number of sulfonamides is 2. The Balaban J connectivity index is 1.18. The van der Waals surface area contributed by atoms with Crippen LogP contribution in [0.25, 0.3) is 22.0 Å². The second-order valence-corrected chi connectivity index (χ2v) is 14.9. The molecule has 0 aliphatic carbocycles. The predicted molar refractivity (Wildman–Crippen MR) is 191 cm³/mol. The number of benzene rings is 3. The Bertz CT molecular complexity index is 2200. The summed E-state index contributed by atoms with van der Waals surface area (Å²) in [6, 6.07) is 15.5. The van der Waals surface area contributed by atoms with E-state index in [9.17, 15) is 26.4 Å². The fourth-order valence-electron chi connectivity index (χ4n) is 5.17. The van der Waals surface area contributed by atoms with Gasteiger partial charge >= 0.3 is 5.97 Å². The number of nitrogens with one attached hydrogen (secondary N) is 4. The van der Waals surface area contributed by atoms with Crippen molar-refractivity contribution in [1.82, 2.24) is 34.1 Å². The number of ether oxygens (including phenoxy) is 1. The van der Waals surface area contributed by atoms with E-state index in [4.69, 9.17) is 10.5 Å². The molecule has 2 aromatic heterocycles. The summed E-state index contributed by atoms with van der Waals surface area (Å²) in [5.41, 5.74) is 7.80. The van der Waals surface area contributed by atoms with Gasteiger partial charge in [-0.2, -0.15) is 9.82 Å². The van der Waals surface area contributed by atoms with Crippen LogP contribution in [0.15, 0.2) is 95.1 Å². The zero-order valence-corrected chi connectivity index (χ0v) is 29.6. The molecule has 0 unspecified atom stereocenters. The van der Waals surface area contributed by atoms with Crippen molar-refractivity contribution in [2.45, 2.75) is 28.8 Å². The maximum absolute atomic E-state index is 13.3. The third kappa shape index (κ3) is 9.16. The molecule has 0 saturated carbocycles. The molecule has 0 radical (unpaired) electrons. The molecule has 2 heterocycles. The van der Waals surface area contributed by atoms with Crippen LogP contribution in [0.4, 0.5) is 5.95 Å². The van der Waals surface area contributed by atoms with Crippen molar-refractivity contribution in [1.29, 1.82) is 0 Å². The van der Waals surface area contributed by atoms with Gasteiger partial charge < -0.3 is 25.7 Å². The molecule has 5 rings (SSSR count). The standard InChI is InChI=1S/C33H39N9O7S2/c1-41-19-17-36-33(41)35-15-3-18-42-30-13-8-25(20-26(30)21-38-42)31(43)37-22-29(32(44)49-2)40-51(47,48)28-11-6-24(7-12-28)23-4-9-27(10-5-23)50(45,46)39-16-14-34/h4-13,17,19-21,29,39-40H,3,14-16,18,22,34H2,1-2H3,(H,35,36)(H,37,43)/t29-/m0/s1. The third-order valence-corrected chi connectivity index (χ3v) is 10.9. The first kappa shape index (κ1) is 37.1. The number of amides is 1. The van der Waals surface area contributed by atoms with Crippen LogP contribution in [0.5, 0.6) is 0 Å². The second-order valence-electron chi connectivity index (χ2n) is 11.4. The van der Waals surface area contributed by atoms with E-state index in [1.165, 1.54) is 24.3 Å². The van der Waals surface area contributed by atoms with Crippen molar-refractivity contribution in [3.63, 3.8) is 0 Å². The Morgan fingerprint density at radius 2 is 1.59 bits per heavy atom. The highest BCUT2D eigenvalue weighted by atomic mass is 32.2. The normalized spacial score (nSPS) is 12.5. The first-order valence-electron chi connectivity index (χ1n) is 15.9. The van der Waals surface area contributed by atoms with Crippen molar-refractivity contribution in [3.8, 4) is 11.1 Å². The van der Waals surface area contributed by atoms with Crippen molar-refractivity contribution < 1.29 is 31.2 Å². The number of hydrogen-bond acceptors (Lipinski definition) is 11. The number of nitrogens with two attached hydrogens (primary N) is 1. The average molecular weight is 738 g/mol. The highest BCUT2D eigenvalue weighted by Crippen LogP contribution is 2.23. The minimum atomic E-state index is -4.23. The zero-order chi connectivity index (χ0) is 36.6. The number of carbonyl (C=O) groups excluding carboxylic acids is 2.